The van der Waals surface area contributed by atoms with Crippen molar-refractivity contribution in [3.63, 3.8) is 0 Å². The van der Waals surface area contributed by atoms with Crippen molar-refractivity contribution in [3.05, 3.63) is 22.6 Å². The molecule has 6 nitrogen and oxygen atoms in total. The number of rotatable bonds is 0. The quantitative estimate of drug-likeness (QED) is 0.409. The standard InChI is InChI=1S/C8H8O6.6Li/c9-5-1-3(7(11)12)6(10)2-4(5)8(13)14;;;;;;/h1-2,9-14H;;;;;;/q;6*+1/p-6. The van der Waals surface area contributed by atoms with Crippen LogP contribution in [-0.4, -0.2) is 0 Å². The Morgan fingerprint density at radius 1 is 0.550 bits per heavy atom. The van der Waals surface area contributed by atoms with Gasteiger partial charge in [-0.05, 0) is 0 Å². The van der Waals surface area contributed by atoms with E-state index in [2.05, 4.69) is 0 Å². The second-order valence-electron chi connectivity index (χ2n) is 2.42. The Balaban J connectivity index is -0.0000000817. The molecule has 1 rings (SSSR count). The van der Waals surface area contributed by atoms with E-state index in [0.29, 0.717) is 12.1 Å². The van der Waals surface area contributed by atoms with Crippen LogP contribution in [0.5, 0.6) is 11.5 Å². The molecule has 0 saturated heterocycles. The van der Waals surface area contributed by atoms with Gasteiger partial charge in [-0.2, -0.15) is 11.9 Å². The van der Waals surface area contributed by atoms with Gasteiger partial charge in [-0.1, -0.05) is 22.6 Å². The van der Waals surface area contributed by atoms with E-state index in [-0.39, 0.29) is 113 Å². The molecule has 0 N–H and O–H groups in total. The summed E-state index contributed by atoms with van der Waals surface area (Å²) in [5.74, 6) is -5.83. The van der Waals surface area contributed by atoms with Gasteiger partial charge >= 0.3 is 113 Å². The number of hydrogen-bond acceptors (Lipinski definition) is 6. The normalized spacial score (nSPS) is 6.80. The van der Waals surface area contributed by atoms with Crippen molar-refractivity contribution in [1.29, 1.82) is 0 Å². The van der Waals surface area contributed by atoms with Crippen LogP contribution in [-0.2, 0) is 0 Å². The van der Waals surface area contributed by atoms with Crippen LogP contribution >= 0.6 is 0 Å². The molecule has 0 amide bonds. The minimum absolute atomic E-state index is 0. The maximum Gasteiger partial charge on any atom is 1.00 e. The molecule has 76 valence electrons. The fourth-order valence-corrected chi connectivity index (χ4v) is 0.879. The zero-order valence-electron chi connectivity index (χ0n) is 12.6. The van der Waals surface area contributed by atoms with Gasteiger partial charge in [0.15, 0.2) is 0 Å². The van der Waals surface area contributed by atoms with Crippen molar-refractivity contribution in [2.75, 3.05) is 0 Å². The number of hydrogen-bond donors (Lipinski definition) is 0. The first-order valence-electron chi connectivity index (χ1n) is 3.38. The van der Waals surface area contributed by atoms with Crippen LogP contribution in [0.4, 0.5) is 0 Å². The second kappa shape index (κ2) is 16.7. The van der Waals surface area contributed by atoms with Crippen molar-refractivity contribution < 1.29 is 144 Å². The van der Waals surface area contributed by atoms with E-state index in [0.717, 1.165) is 0 Å². The maximum atomic E-state index is 10.9. The van der Waals surface area contributed by atoms with Gasteiger partial charge in [-0.15, -0.1) is 11.5 Å². The molecule has 0 aliphatic heterocycles. The third-order valence-electron chi connectivity index (χ3n) is 1.52. The van der Waals surface area contributed by atoms with E-state index in [1.165, 1.54) is 0 Å². The van der Waals surface area contributed by atoms with E-state index in [4.69, 9.17) is 0 Å². The van der Waals surface area contributed by atoms with Gasteiger partial charge in [-0.25, -0.2) is 0 Å². The van der Waals surface area contributed by atoms with Crippen LogP contribution < -0.4 is 154 Å². The molecule has 0 aromatic heterocycles. The minimum atomic E-state index is -1.82. The van der Waals surface area contributed by atoms with Crippen molar-refractivity contribution in [2.45, 2.75) is 0 Å². The zero-order valence-corrected chi connectivity index (χ0v) is 12.6. The molecule has 0 aliphatic rings. The molecule has 0 saturated carbocycles. The zero-order chi connectivity index (χ0) is 10.9. The summed E-state index contributed by atoms with van der Waals surface area (Å²) in [5.41, 5.74) is 0. The predicted octanol–water partition coefficient (Wildman–Crippen LogP) is -24.6. The summed E-state index contributed by atoms with van der Waals surface area (Å²) in [7, 11) is 0. The molecular weight excluding hydrogens is 234 g/mol. The predicted molar refractivity (Wildman–Crippen MR) is 31.4 cm³/mol. The third-order valence-corrected chi connectivity index (χ3v) is 1.52. The SMILES string of the molecule is [Li+].[Li+].[Li+].[Li+].[Li+].[Li+].[O-]C([O-])=c1cc([O-])c(=C([O-])[O-])cc1[O-]. The summed E-state index contributed by atoms with van der Waals surface area (Å²) in [5, 5.41) is 61.0. The van der Waals surface area contributed by atoms with Gasteiger partial charge in [0, 0.05) is 0 Å². The molecule has 0 fully saturated rings. The van der Waals surface area contributed by atoms with Gasteiger partial charge in [0.05, 0.1) is 0 Å². The van der Waals surface area contributed by atoms with E-state index in [1.807, 2.05) is 0 Å². The van der Waals surface area contributed by atoms with Crippen LogP contribution in [0.3, 0.4) is 0 Å². The van der Waals surface area contributed by atoms with Crippen LogP contribution in [0, 0.1) is 0 Å². The Bertz CT molecular complexity index is 439. The summed E-state index contributed by atoms with van der Waals surface area (Å²) in [6, 6.07) is 0.811. The Kier molecular flexibility index (Phi) is 31.3. The summed E-state index contributed by atoms with van der Waals surface area (Å²) in [6.45, 7) is 0. The van der Waals surface area contributed by atoms with Crippen LogP contribution in [0.2, 0.25) is 0 Å². The molecule has 0 bridgehead atoms. The summed E-state index contributed by atoms with van der Waals surface area (Å²) in [6.07, 6.45) is 0. The van der Waals surface area contributed by atoms with Crippen molar-refractivity contribution in [2.24, 2.45) is 0 Å². The van der Waals surface area contributed by atoms with E-state index < -0.39 is 33.8 Å². The van der Waals surface area contributed by atoms with Gasteiger partial charge in [0.1, 0.15) is 0 Å². The summed E-state index contributed by atoms with van der Waals surface area (Å²) in [4.78, 5) is 0. The second-order valence-corrected chi connectivity index (χ2v) is 2.42. The average Bonchev–Trinajstić information content (AvgIpc) is 2.07. The first kappa shape index (κ1) is 37.5. The molecule has 0 radical (unpaired) electrons. The molecule has 0 spiro atoms. The topological polar surface area (TPSA) is 138 Å². The van der Waals surface area contributed by atoms with Crippen molar-refractivity contribution in [3.8, 4) is 11.5 Å². The first-order chi connectivity index (χ1) is 6.43. The molecule has 0 heterocycles. The first-order valence-corrected chi connectivity index (χ1v) is 3.38. The van der Waals surface area contributed by atoms with Crippen LogP contribution in [0.25, 0.3) is 11.9 Å². The number of benzene rings is 1. The minimum Gasteiger partial charge on any atom is -0.884 e. The molecule has 12 heteroatoms. The fourth-order valence-electron chi connectivity index (χ4n) is 0.879. The average molecular weight is 236 g/mol. The smallest absolute Gasteiger partial charge is 0.884 e. The van der Waals surface area contributed by atoms with Crippen molar-refractivity contribution in [1.82, 2.24) is 0 Å². The monoisotopic (exact) mass is 236 g/mol. The van der Waals surface area contributed by atoms with Gasteiger partial charge in [0.2, 0.25) is 0 Å². The molecule has 20 heavy (non-hydrogen) atoms. The Labute approximate surface area is 187 Å². The van der Waals surface area contributed by atoms with Gasteiger partial charge in [-0.3, -0.25) is 0 Å². The maximum absolute atomic E-state index is 10.9. The Hall–Kier alpha value is 1.34. The Morgan fingerprint density at radius 2 is 0.750 bits per heavy atom. The summed E-state index contributed by atoms with van der Waals surface area (Å²) < 4.78 is 0. The molecule has 1 aromatic carbocycles. The largest absolute Gasteiger partial charge is 1.00 e. The Morgan fingerprint density at radius 3 is 0.900 bits per heavy atom. The molecule has 0 atom stereocenters. The van der Waals surface area contributed by atoms with E-state index >= 15 is 0 Å². The molecular formula is C8H2Li6O6. The van der Waals surface area contributed by atoms with Gasteiger partial charge in [0.25, 0.3) is 0 Å². The van der Waals surface area contributed by atoms with Crippen LogP contribution in [0.1, 0.15) is 0 Å². The van der Waals surface area contributed by atoms with Crippen LogP contribution in [0.15, 0.2) is 12.1 Å². The van der Waals surface area contributed by atoms with E-state index in [9.17, 15) is 30.6 Å². The van der Waals surface area contributed by atoms with Gasteiger partial charge < -0.3 is 30.6 Å². The third kappa shape index (κ3) is 10.1. The molecule has 0 aliphatic carbocycles. The van der Waals surface area contributed by atoms with E-state index in [1.54, 1.807) is 0 Å². The molecule has 0 unspecified atom stereocenters. The fraction of sp³-hybridized carbons (Fsp3) is 0. The summed E-state index contributed by atoms with van der Waals surface area (Å²) >= 11 is 0. The van der Waals surface area contributed by atoms with Crippen molar-refractivity contribution >= 4 is 11.9 Å². The molecule has 1 aromatic rings.